The lowest BCUT2D eigenvalue weighted by Gasteiger charge is -2.72. The minimum Gasteiger partial charge on any atom is -0.454 e. The number of allylic oxidation sites excluding steroid dienone is 2. The van der Waals surface area contributed by atoms with Crippen LogP contribution < -0.4 is 0 Å². The molecule has 0 radical (unpaired) electrons. The fraction of sp³-hybridized carbons (Fsp3) is 0.938. The van der Waals surface area contributed by atoms with Crippen LogP contribution in [0.5, 0.6) is 0 Å². The quantitative estimate of drug-likeness (QED) is 0.0344. The van der Waals surface area contributed by atoms with Crippen molar-refractivity contribution in [1.29, 1.82) is 0 Å². The van der Waals surface area contributed by atoms with Crippen LogP contribution in [0.3, 0.4) is 0 Å². The normalized spacial score (nSPS) is 52.7. The summed E-state index contributed by atoms with van der Waals surface area (Å²) < 4.78 is 76.5. The van der Waals surface area contributed by atoms with E-state index >= 15 is 4.79 Å². The van der Waals surface area contributed by atoms with E-state index in [0.29, 0.717) is 32.1 Å². The molecule has 568 valence electrons. The predicted molar refractivity (Wildman–Crippen MR) is 324 cm³/mol. The highest BCUT2D eigenvalue weighted by atomic mass is 16.8. The molecule has 34 heteroatoms. The number of ether oxygens (including phenoxy) is 13. The average molecular weight is 1430 g/mol. The molecule has 11 rings (SSSR count). The third-order valence-corrected chi connectivity index (χ3v) is 25.0. The van der Waals surface area contributed by atoms with Crippen molar-refractivity contribution in [1.82, 2.24) is 0 Å². The third-order valence-electron chi connectivity index (χ3n) is 25.0. The lowest BCUT2D eigenvalue weighted by Crippen LogP contribution is -2.72. The van der Waals surface area contributed by atoms with Crippen LogP contribution in [0.1, 0.15) is 99.8 Å². The van der Waals surface area contributed by atoms with Gasteiger partial charge in [-0.05, 0) is 97.7 Å². The van der Waals surface area contributed by atoms with Crippen LogP contribution in [-0.4, -0.2) is 339 Å². The Morgan fingerprint density at radius 2 is 1.14 bits per heavy atom. The summed E-state index contributed by atoms with van der Waals surface area (Å²) in [4.78, 5) is 28.5. The molecule has 0 aromatic carbocycles. The zero-order valence-electron chi connectivity index (χ0n) is 56.4. The lowest BCUT2D eigenvalue weighted by atomic mass is 9.33. The molecule has 0 amide bonds. The van der Waals surface area contributed by atoms with Gasteiger partial charge in [-0.3, -0.25) is 9.59 Å². The first kappa shape index (κ1) is 77.6. The van der Waals surface area contributed by atoms with E-state index in [-0.39, 0.29) is 25.2 Å². The molecule has 0 aromatic rings. The number of fused-ring (bicyclic) bond motifs is 7. The molecule has 4 saturated carbocycles. The number of esters is 2. The minimum absolute atomic E-state index is 0.00364. The maximum atomic E-state index is 15.7. The molecule has 19 N–H and O–H groups in total. The van der Waals surface area contributed by atoms with E-state index in [9.17, 15) is 102 Å². The number of hydrogen-bond donors (Lipinski definition) is 19. The summed E-state index contributed by atoms with van der Waals surface area (Å²) in [6, 6.07) is 0. The Balaban J connectivity index is 0.820. The average Bonchev–Trinajstić information content (AvgIpc) is 1.38. The highest BCUT2D eigenvalue weighted by Gasteiger charge is 2.74. The Morgan fingerprint density at radius 1 is 0.535 bits per heavy atom. The van der Waals surface area contributed by atoms with Crippen molar-refractivity contribution in [3.63, 3.8) is 0 Å². The maximum absolute atomic E-state index is 15.7. The van der Waals surface area contributed by atoms with E-state index < -0.39 is 287 Å². The number of aliphatic hydroxyl groups excluding tert-OH is 18. The van der Waals surface area contributed by atoms with Crippen LogP contribution in [0, 0.1) is 50.2 Å². The zero-order chi connectivity index (χ0) is 72.3. The van der Waals surface area contributed by atoms with Crippen molar-refractivity contribution in [2.24, 2.45) is 50.2 Å². The first-order valence-electron chi connectivity index (χ1n) is 34.3. The van der Waals surface area contributed by atoms with Gasteiger partial charge in [-0.25, -0.2) is 0 Å². The van der Waals surface area contributed by atoms with E-state index in [4.69, 9.17) is 61.6 Å². The number of hydrogen-bond acceptors (Lipinski definition) is 34. The number of carbonyl (C=O) groups is 2. The van der Waals surface area contributed by atoms with Crippen molar-refractivity contribution in [2.45, 2.75) is 277 Å². The summed E-state index contributed by atoms with van der Waals surface area (Å²) in [5.41, 5.74) is -7.54. The summed E-state index contributed by atoms with van der Waals surface area (Å²) in [5.74, 6) is -3.56. The van der Waals surface area contributed by atoms with Crippen molar-refractivity contribution in [2.75, 3.05) is 52.9 Å². The second kappa shape index (κ2) is 29.0. The van der Waals surface area contributed by atoms with Crippen LogP contribution in [0.15, 0.2) is 11.6 Å². The highest BCUT2D eigenvalue weighted by molar-refractivity contribution is 5.80. The SMILES string of the molecule is CC(=O)OC1C(OC2C(OC(=O)C34CCC(C)(C)CC3C3=CCC5C6(C)CC(O)C(OC7OC(CO)C(O)C(OC8OC(CO)C(O)C(O)C8O)C7O)C(CO)(CO)C6CCC5(C)C3(C)CC4O)OCC(O)C2O)OC(C)C(OC2OCC(O)C(OC3OCC(O)(CO)C3O)C2O)C1O. The molecule has 6 heterocycles. The molecule has 10 fully saturated rings. The minimum atomic E-state index is -2.11. The Bertz CT molecular complexity index is 2830. The summed E-state index contributed by atoms with van der Waals surface area (Å²) >= 11 is 0. The van der Waals surface area contributed by atoms with Gasteiger partial charge in [0, 0.05) is 12.3 Å². The van der Waals surface area contributed by atoms with Crippen LogP contribution in [0.4, 0.5) is 0 Å². The van der Waals surface area contributed by atoms with E-state index in [1.54, 1.807) is 0 Å². The molecule has 34 nitrogen and oxygen atoms in total. The molecule has 11 aliphatic rings. The Kier molecular flexibility index (Phi) is 22.7. The van der Waals surface area contributed by atoms with E-state index in [1.165, 1.54) is 6.92 Å². The fourth-order valence-corrected chi connectivity index (χ4v) is 19.2. The summed E-state index contributed by atoms with van der Waals surface area (Å²) in [6.45, 7) is 6.93. The second-order valence-electron chi connectivity index (χ2n) is 31.2. The van der Waals surface area contributed by atoms with Crippen LogP contribution in [-0.2, 0) is 71.2 Å². The van der Waals surface area contributed by atoms with Gasteiger partial charge in [-0.2, -0.15) is 0 Å². The molecular formula is C65H104O34. The van der Waals surface area contributed by atoms with Gasteiger partial charge in [-0.1, -0.05) is 46.3 Å². The standard InChI is InChI=1S/C65H104O34/c1-25-45(94-52-43(82)46(31(74)20-87-52)95-57-50(84)64(86,23-70)24-89-57)42(81)49(91-26(2)71)56(90-25)97-48-37(76)30(73)19-88-55(48)99-58(85)65-13-12-59(3,4)14-28(65)27-8-9-34-60(5)15-29(72)51(63(21-68,22-69)35(60)10-11-61(34,6)62(27,7)16-36(65)75)98-54-44(83)47(39(78)33(18-67)93-54)96-53-41(80)40(79)38(77)32(17-66)92-53/h8,25,28-57,66-70,72-84,86H,9-24H2,1-7H3. The first-order chi connectivity index (χ1) is 46.5. The Morgan fingerprint density at radius 3 is 1.78 bits per heavy atom. The molecule has 36 unspecified atom stereocenters. The largest absolute Gasteiger partial charge is 0.454 e. The molecule has 6 saturated heterocycles. The van der Waals surface area contributed by atoms with E-state index in [2.05, 4.69) is 33.8 Å². The van der Waals surface area contributed by atoms with E-state index in [0.717, 1.165) is 12.5 Å². The fourth-order valence-electron chi connectivity index (χ4n) is 19.2. The number of carbonyl (C=O) groups excluding carboxylic acids is 2. The van der Waals surface area contributed by atoms with Gasteiger partial charge in [0.1, 0.15) is 109 Å². The summed E-state index contributed by atoms with van der Waals surface area (Å²) in [7, 11) is 0. The second-order valence-corrected chi connectivity index (χ2v) is 31.2. The molecular weight excluding hydrogens is 1320 g/mol. The third kappa shape index (κ3) is 13.1. The first-order valence-corrected chi connectivity index (χ1v) is 34.3. The zero-order valence-corrected chi connectivity index (χ0v) is 56.4. The number of aliphatic hydroxyl groups is 19. The van der Waals surface area contributed by atoms with Gasteiger partial charge in [0.2, 0.25) is 6.29 Å². The van der Waals surface area contributed by atoms with Crippen LogP contribution >= 0.6 is 0 Å². The molecule has 99 heavy (non-hydrogen) atoms. The van der Waals surface area contributed by atoms with Crippen molar-refractivity contribution in [3.8, 4) is 0 Å². The van der Waals surface area contributed by atoms with Gasteiger partial charge in [-0.15, -0.1) is 0 Å². The number of rotatable bonds is 18. The van der Waals surface area contributed by atoms with Gasteiger partial charge < -0.3 is 159 Å². The van der Waals surface area contributed by atoms with Crippen molar-refractivity contribution < 1.29 is 168 Å². The molecule has 0 spiro atoms. The van der Waals surface area contributed by atoms with Crippen molar-refractivity contribution in [3.05, 3.63) is 11.6 Å². The van der Waals surface area contributed by atoms with E-state index in [1.807, 2.05) is 6.92 Å². The highest BCUT2D eigenvalue weighted by Crippen LogP contribution is 2.76. The Labute approximate surface area is 570 Å². The van der Waals surface area contributed by atoms with Gasteiger partial charge in [0.15, 0.2) is 43.7 Å². The van der Waals surface area contributed by atoms with Gasteiger partial charge >= 0.3 is 11.9 Å². The Hall–Kier alpha value is -2.52. The molecule has 6 aliphatic heterocycles. The van der Waals surface area contributed by atoms with Crippen LogP contribution in [0.2, 0.25) is 0 Å². The van der Waals surface area contributed by atoms with Crippen LogP contribution in [0.25, 0.3) is 0 Å². The summed E-state index contributed by atoms with van der Waals surface area (Å²) in [6.07, 6.45) is -44.0. The molecule has 0 bridgehead atoms. The molecule has 0 aromatic heterocycles. The smallest absolute Gasteiger partial charge is 0.317 e. The predicted octanol–water partition coefficient (Wildman–Crippen LogP) is -6.98. The maximum Gasteiger partial charge on any atom is 0.317 e. The monoisotopic (exact) mass is 1430 g/mol. The topological polar surface area (TPSA) is 539 Å². The van der Waals surface area contributed by atoms with Gasteiger partial charge in [0.25, 0.3) is 0 Å². The van der Waals surface area contributed by atoms with Gasteiger partial charge in [0.05, 0.1) is 77.3 Å². The lowest BCUT2D eigenvalue weighted by molar-refractivity contribution is -0.377. The molecule has 36 atom stereocenters. The van der Waals surface area contributed by atoms with Crippen molar-refractivity contribution >= 4 is 11.9 Å². The summed E-state index contributed by atoms with van der Waals surface area (Å²) in [5, 5.41) is 212. The molecule has 5 aliphatic carbocycles.